The molecule has 16 nitrogen and oxygen atoms in total. The number of amides is 4. The number of carbonyl (C=O) groups excluding carboxylic acids is 4. The van der Waals surface area contributed by atoms with E-state index in [0.29, 0.717) is 11.7 Å². The third-order valence-electron chi connectivity index (χ3n) is 14.1. The number of rotatable bonds is 14. The second kappa shape index (κ2) is 18.2. The van der Waals surface area contributed by atoms with Gasteiger partial charge < -0.3 is 49.3 Å². The molecular formula is C47H60N8O8. The summed E-state index contributed by atoms with van der Waals surface area (Å²) >= 11 is 0. The Morgan fingerprint density at radius 1 is 0.730 bits per heavy atom. The van der Waals surface area contributed by atoms with Gasteiger partial charge in [-0.1, -0.05) is 51.0 Å². The fourth-order valence-corrected chi connectivity index (χ4v) is 10.6. The highest BCUT2D eigenvalue weighted by Crippen LogP contribution is 2.51. The molecule has 4 aromatic rings. The standard InChI is InChI=1S/C47H60N8O8/c1-9-11-36-24(2)18-38(54(36)44(56)40(25(3)60-5)52-46(58)62-7)42-48-22-34(50-42)27-14-16-30-32(19-27)31-17-15-28(20-33(30)31)35-23-49-43(51-35)39-21-29-12-10-13-37(29)55(39)45(57)41(26(4)61-6)53-47(59)63-8/h14-17,19-20,22-26,29,36-41H,9-13,18,21H2,1-8H3,(H,48,50)(H,49,51)(H,52,58)(H,53,59). The number of likely N-dealkylation sites (tertiary alicyclic amines) is 2. The van der Waals surface area contributed by atoms with Crippen LogP contribution in [0.5, 0.6) is 0 Å². The van der Waals surface area contributed by atoms with Gasteiger partial charge in [0.2, 0.25) is 11.8 Å². The number of carbonyl (C=O) groups is 4. The number of hydrogen-bond acceptors (Lipinski definition) is 10. The minimum Gasteiger partial charge on any atom is -0.453 e. The van der Waals surface area contributed by atoms with Crippen LogP contribution in [0.2, 0.25) is 0 Å². The van der Waals surface area contributed by atoms with Gasteiger partial charge in [-0.05, 0) is 92.2 Å². The second-order valence-corrected chi connectivity index (χ2v) is 17.6. The molecule has 4 heterocycles. The Hall–Kier alpha value is -5.74. The number of ether oxygens (including phenoxy) is 4. The number of fused-ring (bicyclic) bond motifs is 5. The zero-order valence-corrected chi connectivity index (χ0v) is 37.4. The molecule has 10 unspecified atom stereocenters. The number of hydrogen-bond donors (Lipinski definition) is 4. The monoisotopic (exact) mass is 864 g/mol. The molecule has 2 saturated heterocycles. The smallest absolute Gasteiger partial charge is 0.407 e. The Morgan fingerprint density at radius 3 is 1.73 bits per heavy atom. The van der Waals surface area contributed by atoms with Crippen molar-refractivity contribution in [3.05, 3.63) is 60.4 Å². The first-order chi connectivity index (χ1) is 30.4. The molecule has 2 aliphatic heterocycles. The van der Waals surface area contributed by atoms with Crippen LogP contribution in [0.15, 0.2) is 48.8 Å². The molecule has 0 spiro atoms. The van der Waals surface area contributed by atoms with Gasteiger partial charge in [0.15, 0.2) is 0 Å². The number of benzene rings is 2. The number of imidazole rings is 2. The highest BCUT2D eigenvalue weighted by molar-refractivity contribution is 6.04. The number of aromatic nitrogens is 4. The average molecular weight is 865 g/mol. The quantitative estimate of drug-likeness (QED) is 0.0891. The summed E-state index contributed by atoms with van der Waals surface area (Å²) in [6, 6.07) is 10.4. The lowest BCUT2D eigenvalue weighted by Gasteiger charge is -2.35. The summed E-state index contributed by atoms with van der Waals surface area (Å²) in [5, 5.41) is 5.42. The zero-order valence-electron chi connectivity index (χ0n) is 37.4. The van der Waals surface area contributed by atoms with Crippen molar-refractivity contribution in [3.8, 4) is 44.8 Å². The van der Waals surface area contributed by atoms with E-state index in [1.54, 1.807) is 13.8 Å². The van der Waals surface area contributed by atoms with Crippen molar-refractivity contribution in [2.24, 2.45) is 11.8 Å². The first kappa shape index (κ1) is 43.9. The summed E-state index contributed by atoms with van der Waals surface area (Å²) in [4.78, 5) is 73.8. The Labute approximate surface area is 368 Å². The number of nitrogens with zero attached hydrogens (tertiary/aromatic N) is 4. The zero-order chi connectivity index (χ0) is 44.7. The summed E-state index contributed by atoms with van der Waals surface area (Å²) < 4.78 is 20.8. The molecule has 4 N–H and O–H groups in total. The maximum absolute atomic E-state index is 14.3. The summed E-state index contributed by atoms with van der Waals surface area (Å²) in [6.45, 7) is 7.81. The topological polar surface area (TPSA) is 193 Å². The largest absolute Gasteiger partial charge is 0.453 e. The molecule has 10 atom stereocenters. The van der Waals surface area contributed by atoms with Gasteiger partial charge in [0.1, 0.15) is 23.7 Å². The van der Waals surface area contributed by atoms with E-state index in [1.807, 2.05) is 22.2 Å². The van der Waals surface area contributed by atoms with E-state index in [0.717, 1.165) is 95.5 Å². The summed E-state index contributed by atoms with van der Waals surface area (Å²) in [5.74, 6) is 1.58. The van der Waals surface area contributed by atoms with Gasteiger partial charge in [-0.25, -0.2) is 19.6 Å². The van der Waals surface area contributed by atoms with Crippen LogP contribution in [0.4, 0.5) is 9.59 Å². The van der Waals surface area contributed by atoms with E-state index >= 15 is 0 Å². The van der Waals surface area contributed by atoms with Gasteiger partial charge in [0, 0.05) is 37.4 Å². The molecule has 8 rings (SSSR count). The SMILES string of the molecule is CCCC1C(C)CC(c2ncc(-c3ccc4c(c3)-c3ccc(-c5cnc(C6CC7CCCC7N6C(=O)C(NC(=O)OC)C(C)OC)[nH]5)cc3-4)[nH]2)N1C(=O)C(NC(=O)OC)C(C)OC. The van der Waals surface area contributed by atoms with Gasteiger partial charge in [-0.2, -0.15) is 0 Å². The number of H-pyrrole nitrogens is 2. The molecule has 2 aromatic heterocycles. The van der Waals surface area contributed by atoms with Crippen LogP contribution in [0.25, 0.3) is 44.8 Å². The molecule has 4 aliphatic rings. The Bertz CT molecular complexity index is 2340. The molecule has 4 amide bonds. The lowest BCUT2D eigenvalue weighted by Crippen LogP contribution is -2.56. The molecule has 63 heavy (non-hydrogen) atoms. The number of aromatic amines is 2. The number of methoxy groups -OCH3 is 4. The number of alkyl carbamates (subject to hydrolysis) is 2. The average Bonchev–Trinajstić information content (AvgIpc) is 4.15. The van der Waals surface area contributed by atoms with Crippen LogP contribution < -0.4 is 10.6 Å². The second-order valence-electron chi connectivity index (χ2n) is 17.6. The van der Waals surface area contributed by atoms with E-state index < -0.39 is 36.5 Å². The van der Waals surface area contributed by atoms with Crippen molar-refractivity contribution in [2.45, 2.75) is 121 Å². The predicted octanol–water partition coefficient (Wildman–Crippen LogP) is 7.15. The Balaban J connectivity index is 1.01. The van der Waals surface area contributed by atoms with Gasteiger partial charge in [0.05, 0.1) is 62.3 Å². The molecule has 0 radical (unpaired) electrons. The fraction of sp³-hybridized carbons (Fsp3) is 0.532. The highest BCUT2D eigenvalue weighted by Gasteiger charge is 2.50. The van der Waals surface area contributed by atoms with Crippen LogP contribution in [0.1, 0.15) is 96.4 Å². The molecule has 336 valence electrons. The van der Waals surface area contributed by atoms with Crippen molar-refractivity contribution < 1.29 is 38.1 Å². The maximum Gasteiger partial charge on any atom is 0.407 e. The van der Waals surface area contributed by atoms with Crippen molar-refractivity contribution >= 4 is 24.0 Å². The van der Waals surface area contributed by atoms with Gasteiger partial charge in [-0.15, -0.1) is 0 Å². The molecule has 1 saturated carbocycles. The number of nitrogens with one attached hydrogen (secondary N) is 4. The van der Waals surface area contributed by atoms with Crippen molar-refractivity contribution in [3.63, 3.8) is 0 Å². The maximum atomic E-state index is 14.3. The third-order valence-corrected chi connectivity index (χ3v) is 14.1. The third kappa shape index (κ3) is 8.07. The first-order valence-corrected chi connectivity index (χ1v) is 22.2. The predicted molar refractivity (Wildman–Crippen MR) is 235 cm³/mol. The molecule has 2 aliphatic carbocycles. The summed E-state index contributed by atoms with van der Waals surface area (Å²) in [7, 11) is 5.60. The molecule has 3 fully saturated rings. The van der Waals surface area contributed by atoms with E-state index in [1.165, 1.54) is 28.4 Å². The van der Waals surface area contributed by atoms with Crippen LogP contribution >= 0.6 is 0 Å². The van der Waals surface area contributed by atoms with Gasteiger partial charge in [0.25, 0.3) is 0 Å². The van der Waals surface area contributed by atoms with Crippen LogP contribution in [-0.4, -0.2) is 119 Å². The molecular weight excluding hydrogens is 805 g/mol. The minimum atomic E-state index is -0.928. The fourth-order valence-electron chi connectivity index (χ4n) is 10.6. The minimum absolute atomic E-state index is 0.0285. The molecule has 2 aromatic carbocycles. The van der Waals surface area contributed by atoms with Crippen LogP contribution in [0.3, 0.4) is 0 Å². The van der Waals surface area contributed by atoms with Crippen LogP contribution in [-0.2, 0) is 28.5 Å². The van der Waals surface area contributed by atoms with Crippen molar-refractivity contribution in [2.75, 3.05) is 28.4 Å². The van der Waals surface area contributed by atoms with Gasteiger partial charge in [-0.3, -0.25) is 9.59 Å². The Morgan fingerprint density at radius 2 is 1.24 bits per heavy atom. The molecule has 16 heteroatoms. The summed E-state index contributed by atoms with van der Waals surface area (Å²) in [6.07, 6.45) is 7.43. The van der Waals surface area contributed by atoms with E-state index in [9.17, 15) is 19.2 Å². The lowest BCUT2D eigenvalue weighted by atomic mass is 9.78. The van der Waals surface area contributed by atoms with Gasteiger partial charge >= 0.3 is 12.2 Å². The van der Waals surface area contributed by atoms with E-state index in [2.05, 4.69) is 70.8 Å². The highest BCUT2D eigenvalue weighted by atomic mass is 16.5. The van der Waals surface area contributed by atoms with E-state index in [4.69, 9.17) is 28.9 Å². The normalized spacial score (nSPS) is 24.1. The van der Waals surface area contributed by atoms with E-state index in [-0.39, 0.29) is 41.9 Å². The van der Waals surface area contributed by atoms with Crippen molar-refractivity contribution in [1.82, 2.24) is 40.4 Å². The summed E-state index contributed by atoms with van der Waals surface area (Å²) in [5.41, 5.74) is 8.26. The van der Waals surface area contributed by atoms with Crippen LogP contribution in [0, 0.1) is 11.8 Å². The van der Waals surface area contributed by atoms with Crippen molar-refractivity contribution in [1.29, 1.82) is 0 Å². The molecule has 0 bridgehead atoms. The lowest BCUT2D eigenvalue weighted by molar-refractivity contribution is -0.141. The Kier molecular flexibility index (Phi) is 12.7. The first-order valence-electron chi connectivity index (χ1n) is 22.2.